The summed E-state index contributed by atoms with van der Waals surface area (Å²) in [5.41, 5.74) is 1.19. The minimum atomic E-state index is -0.368. The van der Waals surface area contributed by atoms with Crippen molar-refractivity contribution in [2.24, 2.45) is 0 Å². The predicted octanol–water partition coefficient (Wildman–Crippen LogP) is 2.78. The third-order valence-corrected chi connectivity index (χ3v) is 2.95. The molecule has 1 saturated heterocycles. The van der Waals surface area contributed by atoms with Crippen LogP contribution in [-0.4, -0.2) is 30.4 Å². The van der Waals surface area contributed by atoms with E-state index in [1.165, 1.54) is 10.6 Å². The number of amides is 1. The summed E-state index contributed by atoms with van der Waals surface area (Å²) in [5, 5.41) is 1.39. The van der Waals surface area contributed by atoms with Crippen LogP contribution < -0.4 is 0 Å². The number of hydroxylamine groups is 2. The van der Waals surface area contributed by atoms with E-state index in [4.69, 9.17) is 9.57 Å². The largest absolute Gasteiger partial charge is 0.446 e. The first-order valence-corrected chi connectivity index (χ1v) is 6.44. The van der Waals surface area contributed by atoms with Gasteiger partial charge in [-0.05, 0) is 18.4 Å². The van der Waals surface area contributed by atoms with Gasteiger partial charge in [0, 0.05) is 0 Å². The molecule has 0 unspecified atom stereocenters. The van der Waals surface area contributed by atoms with E-state index in [1.54, 1.807) is 0 Å². The van der Waals surface area contributed by atoms with Gasteiger partial charge in [-0.25, -0.2) is 4.79 Å². The van der Waals surface area contributed by atoms with Gasteiger partial charge < -0.3 is 4.74 Å². The van der Waals surface area contributed by atoms with Crippen LogP contribution in [0.3, 0.4) is 0 Å². The van der Waals surface area contributed by atoms with Crippen LogP contribution in [0.5, 0.6) is 0 Å². The summed E-state index contributed by atoms with van der Waals surface area (Å²) < 4.78 is 5.04. The van der Waals surface area contributed by atoms with E-state index in [2.05, 4.69) is 6.92 Å². The predicted molar refractivity (Wildman–Crippen MR) is 68.0 cm³/mol. The van der Waals surface area contributed by atoms with Gasteiger partial charge in [0.05, 0.1) is 6.61 Å². The fourth-order valence-electron chi connectivity index (χ4n) is 1.94. The van der Waals surface area contributed by atoms with Gasteiger partial charge >= 0.3 is 6.09 Å². The summed E-state index contributed by atoms with van der Waals surface area (Å²) in [6, 6.07) is 10.1. The van der Waals surface area contributed by atoms with E-state index < -0.39 is 0 Å². The maximum Gasteiger partial charge on any atom is 0.434 e. The SMILES string of the molecule is CCCCON1C(=O)OC[C@@H]1Cc1ccccc1. The summed E-state index contributed by atoms with van der Waals surface area (Å²) >= 11 is 0. The lowest BCUT2D eigenvalue weighted by Gasteiger charge is -2.20. The molecule has 4 nitrogen and oxygen atoms in total. The van der Waals surface area contributed by atoms with Gasteiger partial charge in [0.25, 0.3) is 0 Å². The molecule has 1 aliphatic heterocycles. The van der Waals surface area contributed by atoms with Crippen LogP contribution in [0.15, 0.2) is 30.3 Å². The van der Waals surface area contributed by atoms with E-state index in [9.17, 15) is 4.79 Å². The van der Waals surface area contributed by atoms with Crippen molar-refractivity contribution in [3.05, 3.63) is 35.9 Å². The molecule has 1 heterocycles. The molecule has 0 aromatic heterocycles. The number of cyclic esters (lactones) is 1. The van der Waals surface area contributed by atoms with Gasteiger partial charge in [-0.1, -0.05) is 43.7 Å². The maximum absolute atomic E-state index is 11.5. The van der Waals surface area contributed by atoms with Gasteiger partial charge in [0.15, 0.2) is 0 Å². The second-order valence-corrected chi connectivity index (χ2v) is 4.43. The zero-order valence-corrected chi connectivity index (χ0v) is 10.7. The Bertz CT molecular complexity index is 380. The number of benzene rings is 1. The number of nitrogens with zero attached hydrogens (tertiary/aromatic N) is 1. The summed E-state index contributed by atoms with van der Waals surface area (Å²) in [7, 11) is 0. The Labute approximate surface area is 107 Å². The van der Waals surface area contributed by atoms with Crippen molar-refractivity contribution in [3.8, 4) is 0 Å². The average molecular weight is 249 g/mol. The fourth-order valence-corrected chi connectivity index (χ4v) is 1.94. The Morgan fingerprint density at radius 2 is 2.17 bits per heavy atom. The molecule has 1 fully saturated rings. The average Bonchev–Trinajstić information content (AvgIpc) is 2.73. The molecule has 1 aromatic rings. The van der Waals surface area contributed by atoms with Crippen molar-refractivity contribution in [1.82, 2.24) is 5.06 Å². The second-order valence-electron chi connectivity index (χ2n) is 4.43. The number of ether oxygens (including phenoxy) is 1. The first-order chi connectivity index (χ1) is 8.81. The topological polar surface area (TPSA) is 38.8 Å². The summed E-state index contributed by atoms with van der Waals surface area (Å²) in [4.78, 5) is 17.0. The highest BCUT2D eigenvalue weighted by atomic mass is 16.7. The maximum atomic E-state index is 11.5. The highest BCUT2D eigenvalue weighted by Gasteiger charge is 2.34. The van der Waals surface area contributed by atoms with E-state index in [-0.39, 0.29) is 12.1 Å². The van der Waals surface area contributed by atoms with Crippen LogP contribution in [0.25, 0.3) is 0 Å². The molecule has 2 rings (SSSR count). The third kappa shape index (κ3) is 3.23. The highest BCUT2D eigenvalue weighted by molar-refractivity contribution is 5.68. The first-order valence-electron chi connectivity index (χ1n) is 6.44. The first kappa shape index (κ1) is 12.9. The molecule has 0 bridgehead atoms. The van der Waals surface area contributed by atoms with E-state index in [0.29, 0.717) is 13.2 Å². The quantitative estimate of drug-likeness (QED) is 0.728. The number of carbonyl (C=O) groups excluding carboxylic acids is 1. The molecule has 1 amide bonds. The number of unbranched alkanes of at least 4 members (excludes halogenated alkanes) is 1. The smallest absolute Gasteiger partial charge is 0.434 e. The molecule has 1 aliphatic rings. The van der Waals surface area contributed by atoms with E-state index in [0.717, 1.165) is 19.3 Å². The Kier molecular flexibility index (Phi) is 4.59. The second kappa shape index (κ2) is 6.40. The molecule has 4 heteroatoms. The van der Waals surface area contributed by atoms with Crippen LogP contribution in [0.2, 0.25) is 0 Å². The third-order valence-electron chi connectivity index (χ3n) is 2.95. The summed E-state index contributed by atoms with van der Waals surface area (Å²) in [5.74, 6) is 0. The summed E-state index contributed by atoms with van der Waals surface area (Å²) in [6.07, 6.45) is 2.39. The molecule has 0 radical (unpaired) electrons. The van der Waals surface area contributed by atoms with Crippen molar-refractivity contribution in [2.75, 3.05) is 13.2 Å². The molecule has 0 aliphatic carbocycles. The number of hydrogen-bond acceptors (Lipinski definition) is 3. The lowest BCUT2D eigenvalue weighted by molar-refractivity contribution is -0.131. The number of hydrogen-bond donors (Lipinski definition) is 0. The van der Waals surface area contributed by atoms with Crippen LogP contribution in [0, 0.1) is 0 Å². The van der Waals surface area contributed by atoms with Crippen LogP contribution in [-0.2, 0) is 16.0 Å². The zero-order chi connectivity index (χ0) is 12.8. The molecule has 0 saturated carbocycles. The molecule has 0 spiro atoms. The van der Waals surface area contributed by atoms with E-state index in [1.807, 2.05) is 30.3 Å². The van der Waals surface area contributed by atoms with Crippen LogP contribution in [0.1, 0.15) is 25.3 Å². The Hall–Kier alpha value is -1.55. The van der Waals surface area contributed by atoms with Gasteiger partial charge in [0.1, 0.15) is 12.6 Å². The van der Waals surface area contributed by atoms with Crippen LogP contribution in [0.4, 0.5) is 4.79 Å². The standard InChI is InChI=1S/C14H19NO3/c1-2-3-9-18-15-13(11-17-14(15)16)10-12-7-5-4-6-8-12/h4-8,13H,2-3,9-11H2,1H3/t13-/m0/s1. The Morgan fingerprint density at radius 1 is 1.39 bits per heavy atom. The van der Waals surface area contributed by atoms with Crippen molar-refractivity contribution in [1.29, 1.82) is 0 Å². The van der Waals surface area contributed by atoms with Gasteiger partial charge in [0.2, 0.25) is 0 Å². The van der Waals surface area contributed by atoms with Crippen molar-refractivity contribution < 1.29 is 14.4 Å². The van der Waals surface area contributed by atoms with Gasteiger partial charge in [-0.2, -0.15) is 5.06 Å². The normalized spacial score (nSPS) is 19.1. The summed E-state index contributed by atoms with van der Waals surface area (Å²) in [6.45, 7) is 3.06. The lowest BCUT2D eigenvalue weighted by atomic mass is 10.1. The number of carbonyl (C=O) groups is 1. The van der Waals surface area contributed by atoms with Crippen molar-refractivity contribution in [3.63, 3.8) is 0 Å². The van der Waals surface area contributed by atoms with E-state index >= 15 is 0 Å². The van der Waals surface area contributed by atoms with Gasteiger partial charge in [-0.3, -0.25) is 4.84 Å². The minimum Gasteiger partial charge on any atom is -0.446 e. The Morgan fingerprint density at radius 3 is 2.89 bits per heavy atom. The highest BCUT2D eigenvalue weighted by Crippen LogP contribution is 2.17. The fraction of sp³-hybridized carbons (Fsp3) is 0.500. The van der Waals surface area contributed by atoms with Crippen LogP contribution >= 0.6 is 0 Å². The lowest BCUT2D eigenvalue weighted by Crippen LogP contribution is -2.35. The zero-order valence-electron chi connectivity index (χ0n) is 10.7. The van der Waals surface area contributed by atoms with Crippen molar-refractivity contribution in [2.45, 2.75) is 32.2 Å². The molecule has 98 valence electrons. The molecule has 18 heavy (non-hydrogen) atoms. The molecule has 0 N–H and O–H groups in total. The minimum absolute atomic E-state index is 0.0169. The molecular formula is C14H19NO3. The Balaban J connectivity index is 1.92. The molecule has 1 aromatic carbocycles. The monoisotopic (exact) mass is 249 g/mol. The van der Waals surface area contributed by atoms with Gasteiger partial charge in [-0.15, -0.1) is 0 Å². The number of rotatable bonds is 6. The molecular weight excluding hydrogens is 230 g/mol. The van der Waals surface area contributed by atoms with Crippen molar-refractivity contribution >= 4 is 6.09 Å². The molecule has 1 atom stereocenters.